The molecule has 0 spiro atoms. The highest BCUT2D eigenvalue weighted by atomic mass is 16.5. The molecule has 0 aromatic heterocycles. The molecule has 8 heteroatoms. The summed E-state index contributed by atoms with van der Waals surface area (Å²) in [6, 6.07) is 10.7. The fraction of sp³-hybridized carbons (Fsp3) is 0.533. The van der Waals surface area contributed by atoms with Gasteiger partial charge in [0.2, 0.25) is 17.6 Å². The fourth-order valence-corrected chi connectivity index (χ4v) is 5.94. The van der Waals surface area contributed by atoms with Crippen LogP contribution >= 0.6 is 0 Å². The Morgan fingerprint density at radius 1 is 0.895 bits per heavy atom. The van der Waals surface area contributed by atoms with E-state index in [-0.39, 0.29) is 24.3 Å². The molecule has 1 aliphatic carbocycles. The van der Waals surface area contributed by atoms with Gasteiger partial charge in [-0.2, -0.15) is 0 Å². The normalized spacial score (nSPS) is 25.5. The average Bonchev–Trinajstić information content (AvgIpc) is 2.94. The lowest BCUT2D eigenvalue weighted by atomic mass is 9.77. The van der Waals surface area contributed by atoms with Gasteiger partial charge in [0.05, 0.1) is 46.1 Å². The predicted octanol–water partition coefficient (Wildman–Crippen LogP) is 5.15. The van der Waals surface area contributed by atoms with E-state index in [0.717, 1.165) is 18.4 Å². The highest BCUT2D eigenvalue weighted by Crippen LogP contribution is 2.46. The Morgan fingerprint density at radius 3 is 2.13 bits per heavy atom. The molecule has 1 heterocycles. The van der Waals surface area contributed by atoms with E-state index in [2.05, 4.69) is 19.2 Å². The van der Waals surface area contributed by atoms with Gasteiger partial charge in [0, 0.05) is 24.6 Å². The molecular weight excluding hydrogens is 484 g/mol. The maximum Gasteiger partial charge on any atom is 0.227 e. The summed E-state index contributed by atoms with van der Waals surface area (Å²) >= 11 is 0. The second kappa shape index (κ2) is 12.0. The lowest BCUT2D eigenvalue weighted by Gasteiger charge is -2.42. The van der Waals surface area contributed by atoms with Gasteiger partial charge in [-0.05, 0) is 42.4 Å². The summed E-state index contributed by atoms with van der Waals surface area (Å²) in [5.41, 5.74) is 1.44. The summed E-state index contributed by atoms with van der Waals surface area (Å²) in [6.07, 6.45) is 4.01. The van der Waals surface area contributed by atoms with Crippen molar-refractivity contribution in [2.75, 3.05) is 33.3 Å². The standard InChI is InChI=1S/C30H40N2O6/c1-18-8-7-9-24(19(18)2)31-30(34)23-14-15-27(33)32(28(23)20-10-12-22(35-3)13-11-20)21-16-25(36-4)29(38-6)26(17-21)37-5/h10-13,16-19,23-24,28H,7-9,14-15H2,1-6H3,(H,31,34)/t18-,19-,23-,24-,28-/m1/s1. The van der Waals surface area contributed by atoms with Crippen LogP contribution in [-0.4, -0.2) is 46.3 Å². The maximum atomic E-state index is 13.9. The number of hydrogen-bond donors (Lipinski definition) is 1. The summed E-state index contributed by atoms with van der Waals surface area (Å²) in [5, 5.41) is 3.37. The van der Waals surface area contributed by atoms with Crippen LogP contribution in [0, 0.1) is 17.8 Å². The van der Waals surface area contributed by atoms with Gasteiger partial charge in [0.25, 0.3) is 0 Å². The Bertz CT molecular complexity index is 1110. The Morgan fingerprint density at radius 2 is 1.55 bits per heavy atom. The predicted molar refractivity (Wildman–Crippen MR) is 146 cm³/mol. The lowest BCUT2D eigenvalue weighted by molar-refractivity contribution is -0.130. The summed E-state index contributed by atoms with van der Waals surface area (Å²) in [5.74, 6) is 2.51. The van der Waals surface area contributed by atoms with Gasteiger partial charge in [-0.15, -0.1) is 0 Å². The number of nitrogens with zero attached hydrogens (tertiary/aromatic N) is 1. The molecule has 1 saturated carbocycles. The van der Waals surface area contributed by atoms with Gasteiger partial charge in [0.15, 0.2) is 11.5 Å². The minimum atomic E-state index is -0.513. The van der Waals surface area contributed by atoms with E-state index in [1.54, 1.807) is 45.5 Å². The van der Waals surface area contributed by atoms with Crippen LogP contribution in [0.25, 0.3) is 0 Å². The SMILES string of the molecule is COc1ccc([C@@H]2[C@H](C(=O)N[C@@H]3CCC[C@@H](C)[C@H]3C)CCC(=O)N2c2cc(OC)c(OC)c(OC)c2)cc1. The number of hydrogen-bond acceptors (Lipinski definition) is 6. The molecule has 0 radical (unpaired) electrons. The van der Waals surface area contributed by atoms with E-state index >= 15 is 0 Å². The van der Waals surface area contributed by atoms with Crippen LogP contribution in [0.15, 0.2) is 36.4 Å². The lowest BCUT2D eigenvalue weighted by Crippen LogP contribution is -2.52. The number of methoxy groups -OCH3 is 4. The van der Waals surface area contributed by atoms with Crippen LogP contribution in [0.2, 0.25) is 0 Å². The molecule has 0 bridgehead atoms. The minimum Gasteiger partial charge on any atom is -0.497 e. The number of carbonyl (C=O) groups excluding carboxylic acids is 2. The van der Waals surface area contributed by atoms with Crippen molar-refractivity contribution in [3.8, 4) is 23.0 Å². The van der Waals surface area contributed by atoms with E-state index in [4.69, 9.17) is 18.9 Å². The third-order valence-electron chi connectivity index (χ3n) is 8.35. The number of ether oxygens (including phenoxy) is 4. The summed E-state index contributed by atoms with van der Waals surface area (Å²) < 4.78 is 22.0. The number of rotatable bonds is 8. The first-order chi connectivity index (χ1) is 18.3. The van der Waals surface area contributed by atoms with Crippen molar-refractivity contribution >= 4 is 17.5 Å². The van der Waals surface area contributed by atoms with Crippen molar-refractivity contribution in [1.82, 2.24) is 5.32 Å². The molecule has 206 valence electrons. The average molecular weight is 525 g/mol. The Hall–Kier alpha value is -3.42. The zero-order chi connectivity index (χ0) is 27.4. The molecule has 2 aromatic carbocycles. The highest BCUT2D eigenvalue weighted by molar-refractivity contribution is 5.98. The molecular formula is C30H40N2O6. The first kappa shape index (κ1) is 27.6. The van der Waals surface area contributed by atoms with Crippen molar-refractivity contribution < 1.29 is 28.5 Å². The number of carbonyl (C=O) groups is 2. The quantitative estimate of drug-likeness (QED) is 0.514. The van der Waals surface area contributed by atoms with Crippen LogP contribution in [0.3, 0.4) is 0 Å². The van der Waals surface area contributed by atoms with Gasteiger partial charge >= 0.3 is 0 Å². The molecule has 1 N–H and O–H groups in total. The molecule has 2 aliphatic rings. The summed E-state index contributed by atoms with van der Waals surface area (Å²) in [4.78, 5) is 29.2. The second-order valence-corrected chi connectivity index (χ2v) is 10.4. The van der Waals surface area contributed by atoms with Crippen LogP contribution in [0.5, 0.6) is 23.0 Å². The van der Waals surface area contributed by atoms with Crippen molar-refractivity contribution in [2.24, 2.45) is 17.8 Å². The van der Waals surface area contributed by atoms with Crippen LogP contribution in [0.1, 0.15) is 57.6 Å². The molecule has 4 rings (SSSR count). The summed E-state index contributed by atoms with van der Waals surface area (Å²) in [6.45, 7) is 4.48. The van der Waals surface area contributed by atoms with Crippen LogP contribution in [0.4, 0.5) is 5.69 Å². The van der Waals surface area contributed by atoms with Crippen molar-refractivity contribution in [3.63, 3.8) is 0 Å². The number of amides is 2. The molecule has 1 aliphatic heterocycles. The summed E-state index contributed by atoms with van der Waals surface area (Å²) in [7, 11) is 6.24. The van der Waals surface area contributed by atoms with Gasteiger partial charge < -0.3 is 29.2 Å². The number of piperidine rings is 1. The second-order valence-electron chi connectivity index (χ2n) is 10.4. The monoisotopic (exact) mass is 524 g/mol. The molecule has 1 saturated heterocycles. The van der Waals surface area contributed by atoms with Crippen molar-refractivity contribution in [3.05, 3.63) is 42.0 Å². The first-order valence-electron chi connectivity index (χ1n) is 13.4. The van der Waals surface area contributed by atoms with Gasteiger partial charge in [-0.3, -0.25) is 9.59 Å². The molecule has 5 atom stereocenters. The molecule has 2 fully saturated rings. The van der Waals surface area contributed by atoms with Crippen LogP contribution < -0.4 is 29.2 Å². The maximum absolute atomic E-state index is 13.9. The molecule has 8 nitrogen and oxygen atoms in total. The van der Waals surface area contributed by atoms with Gasteiger partial charge in [-0.25, -0.2) is 0 Å². The van der Waals surface area contributed by atoms with Crippen LogP contribution in [-0.2, 0) is 9.59 Å². The Labute approximate surface area is 225 Å². The third kappa shape index (κ3) is 5.40. The van der Waals surface area contributed by atoms with E-state index in [0.29, 0.717) is 46.9 Å². The van der Waals surface area contributed by atoms with E-state index in [1.165, 1.54) is 6.42 Å². The van der Waals surface area contributed by atoms with Gasteiger partial charge in [0.1, 0.15) is 5.75 Å². The van der Waals surface area contributed by atoms with E-state index in [1.807, 2.05) is 24.3 Å². The fourth-order valence-electron chi connectivity index (χ4n) is 5.94. The zero-order valence-electron chi connectivity index (χ0n) is 23.3. The molecule has 38 heavy (non-hydrogen) atoms. The van der Waals surface area contributed by atoms with Crippen molar-refractivity contribution in [2.45, 2.75) is 58.0 Å². The first-order valence-corrected chi connectivity index (χ1v) is 13.4. The number of anilines is 1. The molecule has 0 unspecified atom stereocenters. The van der Waals surface area contributed by atoms with Gasteiger partial charge in [-0.1, -0.05) is 38.8 Å². The smallest absolute Gasteiger partial charge is 0.227 e. The zero-order valence-corrected chi connectivity index (χ0v) is 23.3. The third-order valence-corrected chi connectivity index (χ3v) is 8.35. The number of benzene rings is 2. The largest absolute Gasteiger partial charge is 0.497 e. The topological polar surface area (TPSA) is 86.3 Å². The Balaban J connectivity index is 1.77. The molecule has 2 amide bonds. The minimum absolute atomic E-state index is 0.0123. The van der Waals surface area contributed by atoms with E-state index in [9.17, 15) is 9.59 Å². The van der Waals surface area contributed by atoms with E-state index < -0.39 is 12.0 Å². The van der Waals surface area contributed by atoms with Crippen molar-refractivity contribution in [1.29, 1.82) is 0 Å². The molecule has 2 aromatic rings. The Kier molecular flexibility index (Phi) is 8.69. The number of nitrogens with one attached hydrogen (secondary N) is 1. The highest BCUT2D eigenvalue weighted by Gasteiger charge is 2.43.